The molecule has 2 aromatic carbocycles. The van der Waals surface area contributed by atoms with Crippen molar-refractivity contribution in [2.75, 3.05) is 13.7 Å². The Morgan fingerprint density at radius 2 is 1.65 bits per heavy atom. The Kier molecular flexibility index (Phi) is 8.48. The average molecular weight is 427 g/mol. The molecule has 0 aliphatic carbocycles. The molecule has 0 saturated carbocycles. The molecule has 31 heavy (non-hydrogen) atoms. The molecule has 1 N–H and O–H groups in total. The number of rotatable bonds is 9. The quantitative estimate of drug-likeness (QED) is 0.655. The van der Waals surface area contributed by atoms with Crippen LogP contribution in [0.1, 0.15) is 45.2 Å². The van der Waals surface area contributed by atoms with Crippen molar-refractivity contribution in [2.45, 2.75) is 59.2 Å². The van der Waals surface area contributed by atoms with Crippen LogP contribution in [0, 0.1) is 6.92 Å². The summed E-state index contributed by atoms with van der Waals surface area (Å²) in [6.45, 7) is 9.83. The van der Waals surface area contributed by atoms with Crippen LogP contribution in [0.3, 0.4) is 0 Å². The minimum absolute atomic E-state index is 0.172. The van der Waals surface area contributed by atoms with Gasteiger partial charge in [-0.25, -0.2) is 0 Å². The number of carbonyl (C=O) groups is 2. The second-order valence-electron chi connectivity index (χ2n) is 8.55. The molecular formula is C25H34N2O4. The van der Waals surface area contributed by atoms with Crippen LogP contribution in [-0.4, -0.2) is 42.0 Å². The fourth-order valence-electron chi connectivity index (χ4n) is 3.30. The van der Waals surface area contributed by atoms with E-state index in [4.69, 9.17) is 9.47 Å². The topological polar surface area (TPSA) is 67.9 Å². The van der Waals surface area contributed by atoms with Crippen molar-refractivity contribution in [3.63, 3.8) is 0 Å². The Morgan fingerprint density at radius 1 is 1.03 bits per heavy atom. The second kappa shape index (κ2) is 10.8. The molecule has 2 amide bonds. The largest absolute Gasteiger partial charge is 0.493 e. The normalized spacial score (nSPS) is 12.1. The van der Waals surface area contributed by atoms with Gasteiger partial charge in [-0.05, 0) is 57.4 Å². The number of benzene rings is 2. The number of ether oxygens (including phenoxy) is 2. The van der Waals surface area contributed by atoms with Crippen molar-refractivity contribution in [3.05, 3.63) is 59.7 Å². The molecule has 2 aromatic rings. The van der Waals surface area contributed by atoms with E-state index in [0.29, 0.717) is 24.5 Å². The molecule has 0 saturated heterocycles. The van der Waals surface area contributed by atoms with Gasteiger partial charge < -0.3 is 19.7 Å². The number of para-hydroxylation sites is 2. The first-order chi connectivity index (χ1) is 14.7. The van der Waals surface area contributed by atoms with Crippen molar-refractivity contribution in [2.24, 2.45) is 0 Å². The Balaban J connectivity index is 2.27. The lowest BCUT2D eigenvalue weighted by molar-refractivity contribution is -0.143. The van der Waals surface area contributed by atoms with Crippen molar-refractivity contribution < 1.29 is 19.1 Å². The van der Waals surface area contributed by atoms with Crippen LogP contribution in [-0.2, 0) is 16.1 Å². The maximum Gasteiger partial charge on any atom is 0.261 e. The van der Waals surface area contributed by atoms with E-state index in [1.165, 1.54) is 0 Å². The first-order valence-corrected chi connectivity index (χ1v) is 10.6. The molecule has 0 unspecified atom stereocenters. The number of methoxy groups -OCH3 is 1. The molecule has 0 radical (unpaired) electrons. The number of hydrogen-bond donors (Lipinski definition) is 1. The van der Waals surface area contributed by atoms with Crippen LogP contribution in [0.5, 0.6) is 11.5 Å². The highest BCUT2D eigenvalue weighted by Crippen LogP contribution is 2.26. The van der Waals surface area contributed by atoms with Gasteiger partial charge in [0.1, 0.15) is 6.04 Å². The summed E-state index contributed by atoms with van der Waals surface area (Å²) in [5, 5.41) is 3.00. The monoisotopic (exact) mass is 426 g/mol. The predicted octanol–water partition coefficient (Wildman–Crippen LogP) is 4.10. The van der Waals surface area contributed by atoms with E-state index in [9.17, 15) is 9.59 Å². The van der Waals surface area contributed by atoms with E-state index in [2.05, 4.69) is 5.32 Å². The summed E-state index contributed by atoms with van der Waals surface area (Å²) in [4.78, 5) is 27.9. The zero-order valence-corrected chi connectivity index (χ0v) is 19.4. The van der Waals surface area contributed by atoms with Gasteiger partial charge in [0, 0.05) is 12.1 Å². The molecule has 0 aromatic heterocycles. The number of carbonyl (C=O) groups excluding carboxylic acids is 2. The molecule has 0 bridgehead atoms. The highest BCUT2D eigenvalue weighted by atomic mass is 16.5. The number of aryl methyl sites for hydroxylation is 1. The molecular weight excluding hydrogens is 392 g/mol. The number of hydrogen-bond acceptors (Lipinski definition) is 4. The Morgan fingerprint density at radius 3 is 2.23 bits per heavy atom. The third-order valence-corrected chi connectivity index (χ3v) is 4.91. The maximum atomic E-state index is 13.3. The van der Waals surface area contributed by atoms with Gasteiger partial charge in [-0.15, -0.1) is 0 Å². The maximum absolute atomic E-state index is 13.3. The third-order valence-electron chi connectivity index (χ3n) is 4.91. The molecule has 0 aliphatic heterocycles. The van der Waals surface area contributed by atoms with Crippen LogP contribution in [0.15, 0.2) is 48.5 Å². The Bertz CT molecular complexity index is 889. The minimum Gasteiger partial charge on any atom is -0.493 e. The summed E-state index contributed by atoms with van der Waals surface area (Å²) in [6.07, 6.45) is 0.494. The lowest BCUT2D eigenvalue weighted by Crippen LogP contribution is -2.54. The Hall–Kier alpha value is -3.02. The number of nitrogens with one attached hydrogen (secondary N) is 1. The van der Waals surface area contributed by atoms with E-state index in [0.717, 1.165) is 11.1 Å². The van der Waals surface area contributed by atoms with Crippen molar-refractivity contribution in [1.29, 1.82) is 0 Å². The lowest BCUT2D eigenvalue weighted by Gasteiger charge is -2.33. The SMILES string of the molecule is CC[C@H](C(=O)NC(C)(C)C)N(Cc1ccccc1C)C(=O)COc1ccccc1OC. The summed E-state index contributed by atoms with van der Waals surface area (Å²) in [5.74, 6) is 0.610. The smallest absolute Gasteiger partial charge is 0.261 e. The number of nitrogens with zero attached hydrogens (tertiary/aromatic N) is 1. The fourth-order valence-corrected chi connectivity index (χ4v) is 3.30. The van der Waals surface area contributed by atoms with Crippen LogP contribution < -0.4 is 14.8 Å². The van der Waals surface area contributed by atoms with Gasteiger partial charge in [0.15, 0.2) is 18.1 Å². The van der Waals surface area contributed by atoms with Gasteiger partial charge in [-0.2, -0.15) is 0 Å². The molecule has 0 spiro atoms. The van der Waals surface area contributed by atoms with E-state index >= 15 is 0 Å². The summed E-state index contributed by atoms with van der Waals surface area (Å²) < 4.78 is 11.1. The molecule has 6 nitrogen and oxygen atoms in total. The van der Waals surface area contributed by atoms with Crippen molar-refractivity contribution in [1.82, 2.24) is 10.2 Å². The van der Waals surface area contributed by atoms with Gasteiger partial charge in [0.05, 0.1) is 7.11 Å². The van der Waals surface area contributed by atoms with Gasteiger partial charge in [0.25, 0.3) is 5.91 Å². The molecule has 1 atom stereocenters. The highest BCUT2D eigenvalue weighted by Gasteiger charge is 2.31. The zero-order valence-electron chi connectivity index (χ0n) is 19.4. The third kappa shape index (κ3) is 7.02. The van der Waals surface area contributed by atoms with Gasteiger partial charge in [-0.1, -0.05) is 43.3 Å². The van der Waals surface area contributed by atoms with E-state index in [-0.39, 0.29) is 18.4 Å². The van der Waals surface area contributed by atoms with E-state index < -0.39 is 11.6 Å². The lowest BCUT2D eigenvalue weighted by atomic mass is 10.0. The summed E-state index contributed by atoms with van der Waals surface area (Å²) >= 11 is 0. The fraction of sp³-hybridized carbons (Fsp3) is 0.440. The molecule has 168 valence electrons. The van der Waals surface area contributed by atoms with Crippen LogP contribution >= 0.6 is 0 Å². The Labute approximate surface area is 185 Å². The van der Waals surface area contributed by atoms with Crippen LogP contribution in [0.2, 0.25) is 0 Å². The molecule has 0 aliphatic rings. The summed E-state index contributed by atoms with van der Waals surface area (Å²) in [6, 6.07) is 14.4. The van der Waals surface area contributed by atoms with E-state index in [1.54, 1.807) is 24.1 Å². The van der Waals surface area contributed by atoms with Crippen LogP contribution in [0.25, 0.3) is 0 Å². The van der Waals surface area contributed by atoms with Gasteiger partial charge in [-0.3, -0.25) is 9.59 Å². The van der Waals surface area contributed by atoms with Crippen molar-refractivity contribution >= 4 is 11.8 Å². The molecule has 6 heteroatoms. The van der Waals surface area contributed by atoms with Crippen LogP contribution in [0.4, 0.5) is 0 Å². The predicted molar refractivity (Wildman–Crippen MR) is 122 cm³/mol. The summed E-state index contributed by atoms with van der Waals surface area (Å²) in [5.41, 5.74) is 1.67. The second-order valence-corrected chi connectivity index (χ2v) is 8.55. The summed E-state index contributed by atoms with van der Waals surface area (Å²) in [7, 11) is 1.55. The average Bonchev–Trinajstić information content (AvgIpc) is 2.72. The van der Waals surface area contributed by atoms with Gasteiger partial charge >= 0.3 is 0 Å². The molecule has 2 rings (SSSR count). The first kappa shape index (κ1) is 24.3. The standard InChI is InChI=1S/C25H34N2O4/c1-7-20(24(29)26-25(3,4)5)27(16-19-13-9-8-12-18(19)2)23(28)17-31-22-15-11-10-14-21(22)30-6/h8-15,20H,7,16-17H2,1-6H3,(H,26,29)/t20-/m1/s1. The van der Waals surface area contributed by atoms with Gasteiger partial charge in [0.2, 0.25) is 5.91 Å². The molecule has 0 heterocycles. The van der Waals surface area contributed by atoms with Crippen molar-refractivity contribution in [3.8, 4) is 11.5 Å². The van der Waals surface area contributed by atoms with E-state index in [1.807, 2.05) is 71.0 Å². The first-order valence-electron chi connectivity index (χ1n) is 10.6. The highest BCUT2D eigenvalue weighted by molar-refractivity contribution is 5.88. The number of amides is 2. The minimum atomic E-state index is -0.604. The molecule has 0 fully saturated rings. The zero-order chi connectivity index (χ0) is 23.0.